The fraction of sp³-hybridized carbons (Fsp3) is 0.250. The quantitative estimate of drug-likeness (QED) is 0.801. The lowest BCUT2D eigenvalue weighted by Crippen LogP contribution is -2.27. The number of aromatic nitrogens is 2. The lowest BCUT2D eigenvalue weighted by Gasteiger charge is -2.11. The second-order valence-electron chi connectivity index (χ2n) is 5.36. The Morgan fingerprint density at radius 3 is 2.96 bits per heavy atom. The maximum Gasteiger partial charge on any atom is 0.254 e. The zero-order chi connectivity index (χ0) is 15.8. The summed E-state index contributed by atoms with van der Waals surface area (Å²) in [6.45, 7) is 0.614. The summed E-state index contributed by atoms with van der Waals surface area (Å²) < 4.78 is 20.4. The van der Waals surface area contributed by atoms with E-state index in [0.717, 1.165) is 23.4 Å². The number of thiazole rings is 1. The summed E-state index contributed by atoms with van der Waals surface area (Å²) in [4.78, 5) is 17.7. The summed E-state index contributed by atoms with van der Waals surface area (Å²) in [5.74, 6) is 0.118. The molecule has 0 saturated carbocycles. The molecule has 1 amide bonds. The number of rotatable bonds is 3. The Morgan fingerprint density at radius 2 is 2.22 bits per heavy atom. The van der Waals surface area contributed by atoms with E-state index in [1.165, 1.54) is 23.5 Å². The maximum absolute atomic E-state index is 13.2. The SMILES string of the molecule is O=C(Nc1c(-c2ccc(F)cc2)nc2sccn12)C1CCCO1. The first kappa shape index (κ1) is 14.3. The van der Waals surface area contributed by atoms with Gasteiger partial charge in [-0.3, -0.25) is 9.20 Å². The van der Waals surface area contributed by atoms with Gasteiger partial charge < -0.3 is 10.1 Å². The third-order valence-corrected chi connectivity index (χ3v) is 4.60. The molecule has 0 radical (unpaired) electrons. The standard InChI is InChI=1S/C16H14FN3O2S/c17-11-5-3-10(4-6-11)13-14(20-7-9-23-16(20)18-13)19-15(21)12-2-1-8-22-12/h3-7,9,12H,1-2,8H2,(H,19,21). The Hall–Kier alpha value is -2.25. The van der Waals surface area contributed by atoms with Crippen LogP contribution in [0.2, 0.25) is 0 Å². The van der Waals surface area contributed by atoms with Gasteiger partial charge in [-0.2, -0.15) is 0 Å². The smallest absolute Gasteiger partial charge is 0.254 e. The molecular weight excluding hydrogens is 317 g/mol. The zero-order valence-electron chi connectivity index (χ0n) is 12.2. The summed E-state index contributed by atoms with van der Waals surface area (Å²) in [6, 6.07) is 6.08. The van der Waals surface area contributed by atoms with Crippen LogP contribution in [-0.2, 0) is 9.53 Å². The second kappa shape index (κ2) is 5.75. The molecule has 1 N–H and O–H groups in total. The van der Waals surface area contributed by atoms with Crippen molar-refractivity contribution in [2.45, 2.75) is 18.9 Å². The first-order valence-corrected chi connectivity index (χ1v) is 8.24. The summed E-state index contributed by atoms with van der Waals surface area (Å²) in [5, 5.41) is 4.83. The van der Waals surface area contributed by atoms with Crippen LogP contribution in [-0.4, -0.2) is 28.0 Å². The molecule has 3 aromatic rings. The molecule has 1 aromatic carbocycles. The van der Waals surface area contributed by atoms with Gasteiger partial charge in [0.1, 0.15) is 23.4 Å². The number of nitrogens with one attached hydrogen (secondary N) is 1. The van der Waals surface area contributed by atoms with Gasteiger partial charge in [0.2, 0.25) is 0 Å². The monoisotopic (exact) mass is 331 g/mol. The average molecular weight is 331 g/mol. The molecule has 2 aromatic heterocycles. The number of fused-ring (bicyclic) bond motifs is 1. The Kier molecular flexibility index (Phi) is 3.59. The molecule has 1 aliphatic rings. The molecule has 23 heavy (non-hydrogen) atoms. The Labute approximate surface area is 135 Å². The van der Waals surface area contributed by atoms with Gasteiger partial charge in [-0.15, -0.1) is 11.3 Å². The normalized spacial score (nSPS) is 17.7. The van der Waals surface area contributed by atoms with Gasteiger partial charge >= 0.3 is 0 Å². The number of imidazole rings is 1. The van der Waals surface area contributed by atoms with E-state index in [1.807, 2.05) is 16.0 Å². The number of nitrogens with zero attached hydrogens (tertiary/aromatic N) is 2. The molecule has 4 rings (SSSR count). The molecule has 0 bridgehead atoms. The number of hydrogen-bond acceptors (Lipinski definition) is 4. The number of benzene rings is 1. The van der Waals surface area contributed by atoms with Gasteiger partial charge in [-0.1, -0.05) is 0 Å². The minimum Gasteiger partial charge on any atom is -0.368 e. The van der Waals surface area contributed by atoms with Crippen LogP contribution in [0.3, 0.4) is 0 Å². The van der Waals surface area contributed by atoms with Crippen LogP contribution in [0.15, 0.2) is 35.8 Å². The minimum absolute atomic E-state index is 0.168. The molecule has 3 heterocycles. The third kappa shape index (κ3) is 2.62. The lowest BCUT2D eigenvalue weighted by atomic mass is 10.1. The summed E-state index contributed by atoms with van der Waals surface area (Å²) in [7, 11) is 0. The van der Waals surface area contributed by atoms with Crippen LogP contribution in [0.4, 0.5) is 10.2 Å². The van der Waals surface area contributed by atoms with Gasteiger partial charge in [-0.25, -0.2) is 9.37 Å². The highest BCUT2D eigenvalue weighted by Gasteiger charge is 2.26. The molecule has 7 heteroatoms. The average Bonchev–Trinajstić information content (AvgIpc) is 3.26. The number of anilines is 1. The number of hydrogen-bond donors (Lipinski definition) is 1. The van der Waals surface area contributed by atoms with Crippen molar-refractivity contribution in [1.82, 2.24) is 9.38 Å². The van der Waals surface area contributed by atoms with Crippen LogP contribution in [0.1, 0.15) is 12.8 Å². The lowest BCUT2D eigenvalue weighted by molar-refractivity contribution is -0.124. The largest absolute Gasteiger partial charge is 0.368 e. The zero-order valence-corrected chi connectivity index (χ0v) is 13.0. The first-order chi connectivity index (χ1) is 11.2. The van der Waals surface area contributed by atoms with E-state index in [4.69, 9.17) is 4.74 Å². The van der Waals surface area contributed by atoms with Gasteiger partial charge in [0, 0.05) is 23.7 Å². The highest BCUT2D eigenvalue weighted by atomic mass is 32.1. The molecule has 1 atom stereocenters. The van der Waals surface area contributed by atoms with E-state index in [0.29, 0.717) is 18.1 Å². The van der Waals surface area contributed by atoms with Crippen molar-refractivity contribution in [1.29, 1.82) is 0 Å². The van der Waals surface area contributed by atoms with E-state index in [-0.39, 0.29) is 11.7 Å². The second-order valence-corrected chi connectivity index (χ2v) is 6.24. The Balaban J connectivity index is 1.74. The van der Waals surface area contributed by atoms with Gasteiger partial charge in [0.05, 0.1) is 0 Å². The van der Waals surface area contributed by atoms with Crippen LogP contribution in [0, 0.1) is 5.82 Å². The minimum atomic E-state index is -0.416. The van der Waals surface area contributed by atoms with Crippen molar-refractivity contribution < 1.29 is 13.9 Å². The number of amides is 1. The van der Waals surface area contributed by atoms with Crippen LogP contribution in [0.5, 0.6) is 0 Å². The van der Waals surface area contributed by atoms with Crippen molar-refractivity contribution in [3.63, 3.8) is 0 Å². The predicted octanol–water partition coefficient (Wildman–Crippen LogP) is 3.32. The summed E-state index contributed by atoms with van der Waals surface area (Å²) in [6.07, 6.45) is 3.05. The van der Waals surface area contributed by atoms with Crippen molar-refractivity contribution in [2.24, 2.45) is 0 Å². The Bertz CT molecular complexity index is 850. The van der Waals surface area contributed by atoms with Crippen LogP contribution in [0.25, 0.3) is 16.2 Å². The summed E-state index contributed by atoms with van der Waals surface area (Å²) >= 11 is 1.47. The van der Waals surface area contributed by atoms with E-state index < -0.39 is 6.10 Å². The molecule has 1 aliphatic heterocycles. The molecule has 118 valence electrons. The van der Waals surface area contributed by atoms with Gasteiger partial charge in [0.25, 0.3) is 5.91 Å². The highest BCUT2D eigenvalue weighted by Crippen LogP contribution is 2.31. The number of halogens is 1. The third-order valence-electron chi connectivity index (χ3n) is 3.84. The summed E-state index contributed by atoms with van der Waals surface area (Å²) in [5.41, 5.74) is 1.38. The number of carbonyl (C=O) groups excluding carboxylic acids is 1. The molecule has 1 saturated heterocycles. The molecule has 0 aliphatic carbocycles. The maximum atomic E-state index is 13.2. The van der Waals surface area contributed by atoms with Crippen LogP contribution >= 0.6 is 11.3 Å². The Morgan fingerprint density at radius 1 is 1.39 bits per heavy atom. The molecule has 5 nitrogen and oxygen atoms in total. The number of ether oxygens (including phenoxy) is 1. The molecule has 1 fully saturated rings. The fourth-order valence-electron chi connectivity index (χ4n) is 2.70. The van der Waals surface area contributed by atoms with Crippen molar-refractivity contribution in [2.75, 3.05) is 11.9 Å². The highest BCUT2D eigenvalue weighted by molar-refractivity contribution is 7.15. The molecule has 1 unspecified atom stereocenters. The van der Waals surface area contributed by atoms with Crippen molar-refractivity contribution in [3.8, 4) is 11.3 Å². The van der Waals surface area contributed by atoms with Crippen LogP contribution < -0.4 is 5.32 Å². The van der Waals surface area contributed by atoms with Gasteiger partial charge in [0.15, 0.2) is 4.96 Å². The predicted molar refractivity (Wildman–Crippen MR) is 86.1 cm³/mol. The van der Waals surface area contributed by atoms with E-state index >= 15 is 0 Å². The van der Waals surface area contributed by atoms with Crippen molar-refractivity contribution >= 4 is 28.0 Å². The van der Waals surface area contributed by atoms with Gasteiger partial charge in [-0.05, 0) is 37.1 Å². The molecular formula is C16H14FN3O2S. The van der Waals surface area contributed by atoms with E-state index in [1.54, 1.807) is 12.1 Å². The molecule has 0 spiro atoms. The van der Waals surface area contributed by atoms with E-state index in [9.17, 15) is 9.18 Å². The van der Waals surface area contributed by atoms with Crippen molar-refractivity contribution in [3.05, 3.63) is 41.7 Å². The first-order valence-electron chi connectivity index (χ1n) is 7.36. The number of carbonyl (C=O) groups is 1. The van der Waals surface area contributed by atoms with E-state index in [2.05, 4.69) is 10.3 Å². The fourth-order valence-corrected chi connectivity index (χ4v) is 3.41. The topological polar surface area (TPSA) is 55.6 Å².